The van der Waals surface area contributed by atoms with Crippen LogP contribution >= 0.6 is 0 Å². The molecule has 7 heteroatoms. The van der Waals surface area contributed by atoms with Crippen molar-refractivity contribution < 1.29 is 4.79 Å². The van der Waals surface area contributed by atoms with Gasteiger partial charge in [0, 0.05) is 12.1 Å². The molecule has 1 spiro atoms. The normalized spacial score (nSPS) is 27.5. The fourth-order valence-corrected chi connectivity index (χ4v) is 6.36. The Morgan fingerprint density at radius 3 is 2.23 bits per heavy atom. The number of hydrogen-bond acceptors (Lipinski definition) is 5. The van der Waals surface area contributed by atoms with Gasteiger partial charge in [-0.25, -0.2) is 9.78 Å². The van der Waals surface area contributed by atoms with Crippen molar-refractivity contribution in [1.29, 1.82) is 10.5 Å². The lowest BCUT2D eigenvalue weighted by Crippen LogP contribution is -2.57. The fraction of sp³-hybridized carbons (Fsp3) is 0.500. The summed E-state index contributed by atoms with van der Waals surface area (Å²) >= 11 is 0. The average molecular weight is 469 g/mol. The number of amides is 2. The summed E-state index contributed by atoms with van der Waals surface area (Å²) in [6.45, 7) is 1.07. The second-order valence-corrected chi connectivity index (χ2v) is 10.7. The van der Waals surface area contributed by atoms with Crippen molar-refractivity contribution in [3.63, 3.8) is 0 Å². The van der Waals surface area contributed by atoms with E-state index in [1.165, 1.54) is 5.56 Å². The number of aromatic nitrogens is 1. The van der Waals surface area contributed by atoms with Gasteiger partial charge in [0.1, 0.15) is 11.8 Å². The highest BCUT2D eigenvalue weighted by Crippen LogP contribution is 2.51. The summed E-state index contributed by atoms with van der Waals surface area (Å²) in [7, 11) is 4.30. The molecule has 1 aliphatic heterocycles. The number of pyridine rings is 1. The van der Waals surface area contributed by atoms with Crippen LogP contribution in [0.3, 0.4) is 0 Å². The number of nitrogens with zero attached hydrogens (tertiary/aromatic N) is 6. The van der Waals surface area contributed by atoms with E-state index in [0.717, 1.165) is 44.9 Å². The van der Waals surface area contributed by atoms with Crippen molar-refractivity contribution in [3.8, 4) is 12.1 Å². The number of hydrogen-bond donors (Lipinski definition) is 0. The van der Waals surface area contributed by atoms with Gasteiger partial charge in [0.05, 0.1) is 35.5 Å². The van der Waals surface area contributed by atoms with Gasteiger partial charge in [0.2, 0.25) is 0 Å². The maximum absolute atomic E-state index is 13.9. The Bertz CT molecular complexity index is 1160. The minimum absolute atomic E-state index is 0.0462. The number of benzene rings is 1. The smallest absolute Gasteiger partial charge is 0.315 e. The lowest BCUT2D eigenvalue weighted by Gasteiger charge is -2.52. The van der Waals surface area contributed by atoms with Crippen LogP contribution in [0, 0.1) is 28.1 Å². The zero-order valence-electron chi connectivity index (χ0n) is 20.6. The van der Waals surface area contributed by atoms with E-state index in [0.29, 0.717) is 24.5 Å². The first kappa shape index (κ1) is 23.3. The quantitative estimate of drug-likeness (QED) is 0.637. The summed E-state index contributed by atoms with van der Waals surface area (Å²) in [4.78, 5) is 24.2. The Kier molecular flexibility index (Phi) is 5.77. The maximum atomic E-state index is 13.9. The zero-order chi connectivity index (χ0) is 24.7. The fourth-order valence-electron chi connectivity index (χ4n) is 6.36. The highest BCUT2D eigenvalue weighted by molar-refractivity contribution is 5.95. The lowest BCUT2D eigenvalue weighted by molar-refractivity contribution is 0.00826. The summed E-state index contributed by atoms with van der Waals surface area (Å²) in [6, 6.07) is 18.7. The van der Waals surface area contributed by atoms with E-state index in [1.807, 2.05) is 15.9 Å². The SMILES string of the molecule is CN(C)C1(c2ccccc2)CCC2(CC1)CN(c1ccc(C#N)nc1)C(=O)N2CC1(C#N)CCC1. The molecule has 0 radical (unpaired) electrons. The molecule has 0 bridgehead atoms. The molecule has 2 heterocycles. The highest BCUT2D eigenvalue weighted by Gasteiger charge is 2.57. The Balaban J connectivity index is 1.48. The third kappa shape index (κ3) is 3.75. The van der Waals surface area contributed by atoms with Crippen molar-refractivity contribution in [1.82, 2.24) is 14.8 Å². The van der Waals surface area contributed by atoms with Crippen LogP contribution in [-0.2, 0) is 5.54 Å². The summed E-state index contributed by atoms with van der Waals surface area (Å²) in [5.41, 5.74) is 1.53. The molecule has 180 valence electrons. The maximum Gasteiger partial charge on any atom is 0.325 e. The predicted molar refractivity (Wildman–Crippen MR) is 133 cm³/mol. The van der Waals surface area contributed by atoms with E-state index in [4.69, 9.17) is 5.26 Å². The summed E-state index contributed by atoms with van der Waals surface area (Å²) in [5, 5.41) is 19.1. The zero-order valence-corrected chi connectivity index (χ0v) is 20.6. The summed E-state index contributed by atoms with van der Waals surface area (Å²) < 4.78 is 0. The first-order valence-electron chi connectivity index (χ1n) is 12.5. The third-order valence-corrected chi connectivity index (χ3v) is 8.84. The molecule has 1 saturated heterocycles. The predicted octanol–water partition coefficient (Wildman–Crippen LogP) is 4.66. The molecule has 35 heavy (non-hydrogen) atoms. The molecule has 5 rings (SSSR count). The monoisotopic (exact) mass is 468 g/mol. The van der Waals surface area contributed by atoms with Crippen LogP contribution in [0.25, 0.3) is 0 Å². The van der Waals surface area contributed by atoms with Crippen molar-refractivity contribution >= 4 is 11.7 Å². The van der Waals surface area contributed by atoms with Crippen LogP contribution < -0.4 is 4.90 Å². The van der Waals surface area contributed by atoms with Crippen LogP contribution in [0.4, 0.5) is 10.5 Å². The van der Waals surface area contributed by atoms with E-state index in [1.54, 1.807) is 18.3 Å². The Morgan fingerprint density at radius 1 is 1.00 bits per heavy atom. The minimum atomic E-state index is -0.433. The molecule has 2 amide bonds. The topological polar surface area (TPSA) is 87.3 Å². The molecule has 0 N–H and O–H groups in total. The van der Waals surface area contributed by atoms with Gasteiger partial charge in [0.25, 0.3) is 0 Å². The Morgan fingerprint density at radius 2 is 1.71 bits per heavy atom. The van der Waals surface area contributed by atoms with Crippen molar-refractivity contribution in [3.05, 3.63) is 59.9 Å². The molecule has 7 nitrogen and oxygen atoms in total. The number of nitriles is 2. The third-order valence-electron chi connectivity index (χ3n) is 8.84. The molecule has 0 unspecified atom stereocenters. The van der Waals surface area contributed by atoms with E-state index < -0.39 is 5.41 Å². The summed E-state index contributed by atoms with van der Waals surface area (Å²) in [6.07, 6.45) is 7.99. The number of rotatable bonds is 5. The Labute approximate surface area is 207 Å². The highest BCUT2D eigenvalue weighted by atomic mass is 16.2. The van der Waals surface area contributed by atoms with Gasteiger partial charge in [-0.1, -0.05) is 36.8 Å². The van der Waals surface area contributed by atoms with Crippen LogP contribution in [0.15, 0.2) is 48.7 Å². The second kappa shape index (κ2) is 8.66. The van der Waals surface area contributed by atoms with Gasteiger partial charge in [-0.15, -0.1) is 0 Å². The van der Waals surface area contributed by atoms with E-state index >= 15 is 0 Å². The van der Waals surface area contributed by atoms with Gasteiger partial charge in [-0.2, -0.15) is 10.5 Å². The first-order valence-corrected chi connectivity index (χ1v) is 12.5. The number of carbonyl (C=O) groups is 1. The molecule has 3 aliphatic rings. The molecule has 2 saturated carbocycles. The first-order chi connectivity index (χ1) is 16.9. The van der Waals surface area contributed by atoms with Crippen LogP contribution in [0.5, 0.6) is 0 Å². The van der Waals surface area contributed by atoms with E-state index in [-0.39, 0.29) is 17.1 Å². The van der Waals surface area contributed by atoms with Crippen molar-refractivity contribution in [2.24, 2.45) is 5.41 Å². The average Bonchev–Trinajstić information content (AvgIpc) is 3.13. The minimum Gasteiger partial charge on any atom is -0.315 e. The van der Waals surface area contributed by atoms with E-state index in [9.17, 15) is 10.1 Å². The molecule has 1 aromatic carbocycles. The van der Waals surface area contributed by atoms with Gasteiger partial charge in [0.15, 0.2) is 0 Å². The van der Waals surface area contributed by atoms with Crippen LogP contribution in [0.1, 0.15) is 56.2 Å². The van der Waals surface area contributed by atoms with Gasteiger partial charge in [-0.3, -0.25) is 9.80 Å². The standard InChI is InChI=1S/C28H32N6O/c1-32(2)28(22-7-4-3-5-8-22)15-13-27(14-16-28)21-33(24-10-9-23(17-29)31-18-24)25(35)34(27)20-26(19-30)11-6-12-26/h3-5,7-10,18H,6,11-16,20-21H2,1-2H3. The Hall–Kier alpha value is -3.42. The van der Waals surface area contributed by atoms with Gasteiger partial charge < -0.3 is 4.90 Å². The molecular weight excluding hydrogens is 436 g/mol. The lowest BCUT2D eigenvalue weighted by atomic mass is 9.66. The summed E-state index contributed by atoms with van der Waals surface area (Å²) in [5.74, 6) is 0. The van der Waals surface area contributed by atoms with Crippen molar-refractivity contribution in [2.45, 2.75) is 56.0 Å². The second-order valence-electron chi connectivity index (χ2n) is 10.7. The molecule has 0 atom stereocenters. The van der Waals surface area contributed by atoms with Gasteiger partial charge >= 0.3 is 6.03 Å². The number of urea groups is 1. The van der Waals surface area contributed by atoms with Crippen molar-refractivity contribution in [2.75, 3.05) is 32.1 Å². The number of carbonyl (C=O) groups excluding carboxylic acids is 1. The molecule has 1 aromatic heterocycles. The largest absolute Gasteiger partial charge is 0.325 e. The molecule has 3 fully saturated rings. The van der Waals surface area contributed by atoms with Gasteiger partial charge in [-0.05, 0) is 70.3 Å². The van der Waals surface area contributed by atoms with E-state index in [2.05, 4.69) is 60.4 Å². The molecule has 2 aliphatic carbocycles. The van der Waals surface area contributed by atoms with Crippen LogP contribution in [-0.4, -0.2) is 53.5 Å². The number of anilines is 1. The molecule has 2 aromatic rings. The molecular formula is C28H32N6O. The van der Waals surface area contributed by atoms with Crippen LogP contribution in [0.2, 0.25) is 0 Å².